The molecule has 0 bridgehead atoms. The van der Waals surface area contributed by atoms with Crippen LogP contribution in [0.25, 0.3) is 11.3 Å². The molecule has 0 atom stereocenters. The van der Waals surface area contributed by atoms with E-state index in [1.807, 2.05) is 31.2 Å². The number of hydrogen-bond acceptors (Lipinski definition) is 5. The van der Waals surface area contributed by atoms with Crippen LogP contribution >= 0.6 is 0 Å². The summed E-state index contributed by atoms with van der Waals surface area (Å²) in [5, 5.41) is 17.0. The molecule has 1 amide bonds. The Morgan fingerprint density at radius 2 is 2.00 bits per heavy atom. The Bertz CT molecular complexity index is 672. The molecule has 23 heavy (non-hydrogen) atoms. The van der Waals surface area contributed by atoms with E-state index in [2.05, 4.69) is 10.5 Å². The van der Waals surface area contributed by atoms with Crippen LogP contribution in [0.15, 0.2) is 34.9 Å². The van der Waals surface area contributed by atoms with Gasteiger partial charge in [0.2, 0.25) is 5.76 Å². The number of aromatic nitrogens is 1. The van der Waals surface area contributed by atoms with Crippen LogP contribution in [0.3, 0.4) is 0 Å². The normalized spacial score (nSPS) is 17.0. The summed E-state index contributed by atoms with van der Waals surface area (Å²) in [5.74, 6) is -0.244. The van der Waals surface area contributed by atoms with Crippen molar-refractivity contribution in [1.29, 1.82) is 0 Å². The predicted octanol–water partition coefficient (Wildman–Crippen LogP) is 1.92. The molecule has 3 rings (SSSR count). The van der Waals surface area contributed by atoms with E-state index in [4.69, 9.17) is 9.26 Å². The maximum absolute atomic E-state index is 12.1. The molecule has 1 aliphatic heterocycles. The summed E-state index contributed by atoms with van der Waals surface area (Å²) in [6.45, 7) is 3.20. The van der Waals surface area contributed by atoms with E-state index in [0.717, 1.165) is 11.1 Å². The first-order valence-corrected chi connectivity index (χ1v) is 7.68. The van der Waals surface area contributed by atoms with E-state index >= 15 is 0 Å². The smallest absolute Gasteiger partial charge is 0.290 e. The fourth-order valence-electron chi connectivity index (χ4n) is 2.50. The standard InChI is InChI=1S/C17H20N2O4/c1-12-2-4-13(5-3-12)14-10-15(23-19-14)16(20)18-11-17(21)6-8-22-9-7-17/h2-5,10,21H,6-9,11H2,1H3,(H,18,20). The molecule has 2 N–H and O–H groups in total. The van der Waals surface area contributed by atoms with Crippen LogP contribution < -0.4 is 5.32 Å². The Hall–Kier alpha value is -2.18. The highest BCUT2D eigenvalue weighted by Gasteiger charge is 2.30. The summed E-state index contributed by atoms with van der Waals surface area (Å²) >= 11 is 0. The van der Waals surface area contributed by atoms with Crippen LogP contribution in [0.2, 0.25) is 0 Å². The molecule has 1 fully saturated rings. The van der Waals surface area contributed by atoms with Crippen molar-refractivity contribution in [3.63, 3.8) is 0 Å². The molecule has 2 heterocycles. The number of nitrogens with one attached hydrogen (secondary N) is 1. The summed E-state index contributed by atoms with van der Waals surface area (Å²) in [6.07, 6.45) is 1.02. The van der Waals surface area contributed by atoms with Gasteiger partial charge in [-0.15, -0.1) is 0 Å². The lowest BCUT2D eigenvalue weighted by Crippen LogP contribution is -2.46. The monoisotopic (exact) mass is 316 g/mol. The van der Waals surface area contributed by atoms with Gasteiger partial charge >= 0.3 is 0 Å². The lowest BCUT2D eigenvalue weighted by molar-refractivity contribution is -0.0606. The van der Waals surface area contributed by atoms with Crippen molar-refractivity contribution in [2.75, 3.05) is 19.8 Å². The van der Waals surface area contributed by atoms with Gasteiger partial charge < -0.3 is 19.7 Å². The molecule has 0 spiro atoms. The summed E-state index contributed by atoms with van der Waals surface area (Å²) in [6, 6.07) is 9.42. The van der Waals surface area contributed by atoms with Crippen LogP contribution in [-0.4, -0.2) is 41.5 Å². The molecule has 2 aromatic rings. The van der Waals surface area contributed by atoms with E-state index in [9.17, 15) is 9.90 Å². The van der Waals surface area contributed by atoms with Crippen molar-refractivity contribution in [1.82, 2.24) is 10.5 Å². The highest BCUT2D eigenvalue weighted by molar-refractivity contribution is 5.92. The number of nitrogens with zero attached hydrogens (tertiary/aromatic N) is 1. The van der Waals surface area contributed by atoms with Crippen LogP contribution in [0.5, 0.6) is 0 Å². The second-order valence-electron chi connectivity index (χ2n) is 5.96. The molecule has 0 radical (unpaired) electrons. The number of aliphatic hydroxyl groups is 1. The minimum atomic E-state index is -0.909. The first-order chi connectivity index (χ1) is 11.1. The van der Waals surface area contributed by atoms with Gasteiger partial charge in [-0.1, -0.05) is 35.0 Å². The van der Waals surface area contributed by atoms with E-state index in [0.29, 0.717) is 31.7 Å². The van der Waals surface area contributed by atoms with Crippen LogP contribution in [0, 0.1) is 6.92 Å². The third kappa shape index (κ3) is 3.78. The molecule has 1 aromatic heterocycles. The zero-order valence-corrected chi connectivity index (χ0v) is 13.0. The Balaban J connectivity index is 1.63. The quantitative estimate of drug-likeness (QED) is 0.900. The molecule has 1 aliphatic rings. The van der Waals surface area contributed by atoms with Gasteiger partial charge in [0.25, 0.3) is 5.91 Å². The average Bonchev–Trinajstić information content (AvgIpc) is 3.04. The van der Waals surface area contributed by atoms with Crippen LogP contribution in [0.1, 0.15) is 29.0 Å². The second kappa shape index (κ2) is 6.52. The van der Waals surface area contributed by atoms with Gasteiger partial charge in [0.05, 0.1) is 5.60 Å². The minimum Gasteiger partial charge on any atom is -0.388 e. The summed E-state index contributed by atoms with van der Waals surface area (Å²) in [7, 11) is 0. The lowest BCUT2D eigenvalue weighted by atomic mass is 9.94. The second-order valence-corrected chi connectivity index (χ2v) is 5.96. The number of ether oxygens (including phenoxy) is 1. The number of rotatable bonds is 4. The lowest BCUT2D eigenvalue weighted by Gasteiger charge is -2.31. The molecule has 1 aromatic carbocycles. The minimum absolute atomic E-state index is 0.135. The van der Waals surface area contributed by atoms with E-state index in [1.165, 1.54) is 0 Å². The van der Waals surface area contributed by atoms with E-state index < -0.39 is 5.60 Å². The van der Waals surface area contributed by atoms with Crippen molar-refractivity contribution in [2.45, 2.75) is 25.4 Å². The van der Waals surface area contributed by atoms with Crippen molar-refractivity contribution >= 4 is 5.91 Å². The number of hydrogen-bond donors (Lipinski definition) is 2. The van der Waals surface area contributed by atoms with Crippen molar-refractivity contribution < 1.29 is 19.2 Å². The maximum atomic E-state index is 12.1. The Morgan fingerprint density at radius 3 is 2.70 bits per heavy atom. The van der Waals surface area contributed by atoms with Gasteiger partial charge in [-0.25, -0.2) is 0 Å². The van der Waals surface area contributed by atoms with Gasteiger partial charge in [-0.05, 0) is 6.92 Å². The number of carbonyl (C=O) groups excluding carboxylic acids is 1. The van der Waals surface area contributed by atoms with Gasteiger partial charge in [0.1, 0.15) is 5.69 Å². The third-order valence-electron chi connectivity index (χ3n) is 4.08. The summed E-state index contributed by atoms with van der Waals surface area (Å²) < 4.78 is 10.3. The largest absolute Gasteiger partial charge is 0.388 e. The van der Waals surface area contributed by atoms with Gasteiger partial charge in [0, 0.05) is 44.2 Å². The van der Waals surface area contributed by atoms with Gasteiger partial charge in [-0.3, -0.25) is 4.79 Å². The SMILES string of the molecule is Cc1ccc(-c2cc(C(=O)NCC3(O)CCOCC3)on2)cc1. The number of benzene rings is 1. The molecule has 0 unspecified atom stereocenters. The average molecular weight is 316 g/mol. The Labute approximate surface area is 134 Å². The molecule has 6 nitrogen and oxygen atoms in total. The highest BCUT2D eigenvalue weighted by Crippen LogP contribution is 2.21. The molecular weight excluding hydrogens is 296 g/mol. The zero-order valence-electron chi connectivity index (χ0n) is 13.0. The van der Waals surface area contributed by atoms with Gasteiger partial charge in [0.15, 0.2) is 0 Å². The summed E-state index contributed by atoms with van der Waals surface area (Å²) in [4.78, 5) is 12.1. The van der Waals surface area contributed by atoms with Crippen molar-refractivity contribution in [2.24, 2.45) is 0 Å². The molecular formula is C17H20N2O4. The fraction of sp³-hybridized carbons (Fsp3) is 0.412. The highest BCUT2D eigenvalue weighted by atomic mass is 16.5. The first kappa shape index (κ1) is 15.7. The van der Waals surface area contributed by atoms with Gasteiger partial charge in [-0.2, -0.15) is 0 Å². The molecule has 0 aliphatic carbocycles. The van der Waals surface area contributed by atoms with E-state index in [-0.39, 0.29) is 18.2 Å². The van der Waals surface area contributed by atoms with Crippen molar-refractivity contribution in [3.05, 3.63) is 41.7 Å². The zero-order chi connectivity index (χ0) is 16.3. The topological polar surface area (TPSA) is 84.6 Å². The number of aryl methyl sites for hydroxylation is 1. The fourth-order valence-corrected chi connectivity index (χ4v) is 2.50. The van der Waals surface area contributed by atoms with Crippen molar-refractivity contribution in [3.8, 4) is 11.3 Å². The van der Waals surface area contributed by atoms with Crippen LogP contribution in [0.4, 0.5) is 0 Å². The summed E-state index contributed by atoms with van der Waals surface area (Å²) in [5.41, 5.74) is 1.74. The molecule has 6 heteroatoms. The van der Waals surface area contributed by atoms with E-state index in [1.54, 1.807) is 6.07 Å². The first-order valence-electron chi connectivity index (χ1n) is 7.68. The molecule has 1 saturated heterocycles. The Kier molecular flexibility index (Phi) is 4.45. The maximum Gasteiger partial charge on any atom is 0.290 e. The Morgan fingerprint density at radius 1 is 1.30 bits per heavy atom. The predicted molar refractivity (Wildman–Crippen MR) is 84.0 cm³/mol. The third-order valence-corrected chi connectivity index (χ3v) is 4.08. The molecule has 122 valence electrons. The van der Waals surface area contributed by atoms with Crippen LogP contribution in [-0.2, 0) is 4.74 Å². The number of amides is 1. The molecule has 0 saturated carbocycles. The number of carbonyl (C=O) groups is 1.